The molecular formula is C14H16ClN5. The number of nitrogens with two attached hydrogens (primary N) is 1. The van der Waals surface area contributed by atoms with Gasteiger partial charge >= 0.3 is 0 Å². The number of anilines is 1. The highest BCUT2D eigenvalue weighted by Crippen LogP contribution is 2.25. The molecule has 20 heavy (non-hydrogen) atoms. The van der Waals surface area contributed by atoms with Crippen molar-refractivity contribution in [3.8, 4) is 0 Å². The molecule has 6 heteroatoms. The van der Waals surface area contributed by atoms with E-state index in [4.69, 9.17) is 17.3 Å². The van der Waals surface area contributed by atoms with Crippen LogP contribution in [0.25, 0.3) is 11.0 Å². The number of aryl methyl sites for hydroxylation is 2. The first-order chi connectivity index (χ1) is 9.75. The minimum Gasteiger partial charge on any atom is -0.369 e. The summed E-state index contributed by atoms with van der Waals surface area (Å²) in [6.45, 7) is 1.78. The van der Waals surface area contributed by atoms with Crippen LogP contribution in [0.5, 0.6) is 0 Å². The lowest BCUT2D eigenvalue weighted by molar-refractivity contribution is 0.562. The molecule has 0 amide bonds. The van der Waals surface area contributed by atoms with Gasteiger partial charge in [0, 0.05) is 25.5 Å². The Kier molecular flexibility index (Phi) is 3.60. The highest BCUT2D eigenvalue weighted by molar-refractivity contribution is 6.35. The van der Waals surface area contributed by atoms with Crippen LogP contribution in [0.1, 0.15) is 12.8 Å². The Balaban J connectivity index is 1.69. The molecule has 0 bridgehead atoms. The molecule has 0 saturated heterocycles. The smallest absolute Gasteiger partial charge is 0.201 e. The zero-order valence-corrected chi connectivity index (χ0v) is 11.8. The lowest BCUT2D eigenvalue weighted by Gasteiger charge is -2.07. The molecule has 0 atom stereocenters. The second kappa shape index (κ2) is 5.54. The summed E-state index contributed by atoms with van der Waals surface area (Å²) in [6, 6.07) is 5.69. The predicted octanol–water partition coefficient (Wildman–Crippen LogP) is 2.95. The van der Waals surface area contributed by atoms with Crippen molar-refractivity contribution in [2.75, 3.05) is 5.73 Å². The largest absolute Gasteiger partial charge is 0.369 e. The maximum Gasteiger partial charge on any atom is 0.201 e. The maximum atomic E-state index is 6.24. The van der Waals surface area contributed by atoms with Gasteiger partial charge in [-0.15, -0.1) is 0 Å². The van der Waals surface area contributed by atoms with Gasteiger partial charge in [0.05, 0.1) is 22.4 Å². The third-order valence-electron chi connectivity index (χ3n) is 3.35. The number of nitrogen functional groups attached to an aromatic ring is 1. The van der Waals surface area contributed by atoms with Crippen LogP contribution in [0.2, 0.25) is 5.02 Å². The van der Waals surface area contributed by atoms with Crippen LogP contribution in [-0.4, -0.2) is 19.1 Å². The van der Waals surface area contributed by atoms with Gasteiger partial charge in [0.25, 0.3) is 0 Å². The number of halogens is 1. The number of benzene rings is 1. The van der Waals surface area contributed by atoms with Gasteiger partial charge in [-0.1, -0.05) is 17.7 Å². The Morgan fingerprint density at radius 1 is 1.20 bits per heavy atom. The van der Waals surface area contributed by atoms with E-state index in [2.05, 4.69) is 14.5 Å². The van der Waals surface area contributed by atoms with Crippen molar-refractivity contribution in [3.63, 3.8) is 0 Å². The number of hydrogen-bond donors (Lipinski definition) is 1. The zero-order valence-electron chi connectivity index (χ0n) is 11.0. The Morgan fingerprint density at radius 3 is 2.85 bits per heavy atom. The maximum absolute atomic E-state index is 6.24. The van der Waals surface area contributed by atoms with Crippen LogP contribution < -0.4 is 5.73 Å². The molecule has 5 nitrogen and oxygen atoms in total. The molecule has 2 heterocycles. The fraction of sp³-hybridized carbons (Fsp3) is 0.286. The van der Waals surface area contributed by atoms with Crippen molar-refractivity contribution in [2.45, 2.75) is 25.9 Å². The normalized spacial score (nSPS) is 11.2. The molecule has 0 fully saturated rings. The van der Waals surface area contributed by atoms with Crippen LogP contribution in [0.3, 0.4) is 0 Å². The highest BCUT2D eigenvalue weighted by atomic mass is 35.5. The Labute approximate surface area is 122 Å². The lowest BCUT2D eigenvalue weighted by atomic mass is 10.3. The van der Waals surface area contributed by atoms with Crippen LogP contribution >= 0.6 is 11.6 Å². The van der Waals surface area contributed by atoms with Gasteiger partial charge < -0.3 is 14.9 Å². The predicted molar refractivity (Wildman–Crippen MR) is 80.6 cm³/mol. The van der Waals surface area contributed by atoms with Crippen molar-refractivity contribution in [3.05, 3.63) is 41.9 Å². The molecule has 1 aromatic carbocycles. The molecule has 0 spiro atoms. The molecule has 0 aliphatic rings. The van der Waals surface area contributed by atoms with E-state index in [-0.39, 0.29) is 0 Å². The number of unbranched alkanes of at least 4 members (excludes halogenated alkanes) is 1. The van der Waals surface area contributed by atoms with E-state index in [1.807, 2.05) is 35.3 Å². The van der Waals surface area contributed by atoms with Gasteiger partial charge in [-0.05, 0) is 25.0 Å². The van der Waals surface area contributed by atoms with E-state index in [1.54, 1.807) is 6.20 Å². The van der Waals surface area contributed by atoms with Crippen molar-refractivity contribution in [1.82, 2.24) is 19.1 Å². The molecule has 2 N–H and O–H groups in total. The molecule has 0 aliphatic heterocycles. The number of nitrogens with zero attached hydrogens (tertiary/aromatic N) is 4. The van der Waals surface area contributed by atoms with Crippen molar-refractivity contribution in [1.29, 1.82) is 0 Å². The summed E-state index contributed by atoms with van der Waals surface area (Å²) in [4.78, 5) is 8.37. The van der Waals surface area contributed by atoms with Gasteiger partial charge in [-0.2, -0.15) is 0 Å². The van der Waals surface area contributed by atoms with E-state index in [0.717, 1.165) is 37.0 Å². The van der Waals surface area contributed by atoms with Gasteiger partial charge in [0.15, 0.2) is 0 Å². The summed E-state index contributed by atoms with van der Waals surface area (Å²) in [5.41, 5.74) is 7.75. The Morgan fingerprint density at radius 2 is 2.05 bits per heavy atom. The standard InChI is InChI=1S/C14H16ClN5/c15-11-4-3-5-12-13(11)20(14(16)18-12)8-2-1-7-19-9-6-17-10-19/h3-6,9-10H,1-2,7-8H2,(H2,16,18). The molecule has 2 aromatic heterocycles. The summed E-state index contributed by atoms with van der Waals surface area (Å²) in [5.74, 6) is 0.524. The molecule has 3 rings (SSSR count). The third kappa shape index (κ3) is 2.49. The number of hydrogen-bond acceptors (Lipinski definition) is 3. The van der Waals surface area contributed by atoms with E-state index in [1.165, 1.54) is 0 Å². The van der Waals surface area contributed by atoms with E-state index < -0.39 is 0 Å². The fourth-order valence-corrected chi connectivity index (χ4v) is 2.64. The summed E-state index contributed by atoms with van der Waals surface area (Å²) < 4.78 is 4.06. The molecule has 0 saturated carbocycles. The first kappa shape index (κ1) is 13.0. The monoisotopic (exact) mass is 289 g/mol. The topological polar surface area (TPSA) is 61.7 Å². The second-order valence-corrected chi connectivity index (χ2v) is 5.14. The molecule has 0 radical (unpaired) electrons. The second-order valence-electron chi connectivity index (χ2n) is 4.74. The molecule has 3 aromatic rings. The highest BCUT2D eigenvalue weighted by Gasteiger charge is 2.10. The third-order valence-corrected chi connectivity index (χ3v) is 3.66. The minimum absolute atomic E-state index is 0.524. The van der Waals surface area contributed by atoms with Crippen molar-refractivity contribution >= 4 is 28.6 Å². The van der Waals surface area contributed by atoms with E-state index in [9.17, 15) is 0 Å². The van der Waals surface area contributed by atoms with Gasteiger partial charge in [-0.3, -0.25) is 0 Å². The average molecular weight is 290 g/mol. The van der Waals surface area contributed by atoms with Crippen molar-refractivity contribution in [2.24, 2.45) is 0 Å². The zero-order chi connectivity index (χ0) is 13.9. The van der Waals surface area contributed by atoms with Crippen LogP contribution in [0.15, 0.2) is 36.9 Å². The van der Waals surface area contributed by atoms with E-state index in [0.29, 0.717) is 11.0 Å². The Bertz CT molecular complexity index is 702. The Hall–Kier alpha value is -2.01. The number of fused-ring (bicyclic) bond motifs is 1. The number of para-hydroxylation sites is 1. The molecule has 0 unspecified atom stereocenters. The molecule has 0 aliphatic carbocycles. The quantitative estimate of drug-likeness (QED) is 0.735. The first-order valence-corrected chi connectivity index (χ1v) is 6.99. The van der Waals surface area contributed by atoms with E-state index >= 15 is 0 Å². The first-order valence-electron chi connectivity index (χ1n) is 6.61. The number of rotatable bonds is 5. The molecular weight excluding hydrogens is 274 g/mol. The lowest BCUT2D eigenvalue weighted by Crippen LogP contribution is -2.05. The van der Waals surface area contributed by atoms with Gasteiger partial charge in [0.2, 0.25) is 5.95 Å². The van der Waals surface area contributed by atoms with Crippen LogP contribution in [0.4, 0.5) is 5.95 Å². The summed E-state index contributed by atoms with van der Waals surface area (Å²) in [7, 11) is 0. The van der Waals surface area contributed by atoms with Crippen LogP contribution in [0, 0.1) is 0 Å². The SMILES string of the molecule is Nc1nc2cccc(Cl)c2n1CCCCn1ccnc1. The fourth-order valence-electron chi connectivity index (χ4n) is 2.37. The summed E-state index contributed by atoms with van der Waals surface area (Å²) in [5, 5.41) is 0.696. The van der Waals surface area contributed by atoms with Crippen molar-refractivity contribution < 1.29 is 0 Å². The molecule has 104 valence electrons. The number of imidazole rings is 2. The summed E-state index contributed by atoms with van der Waals surface area (Å²) in [6.07, 6.45) is 7.66. The average Bonchev–Trinajstić information content (AvgIpc) is 3.03. The summed E-state index contributed by atoms with van der Waals surface area (Å²) >= 11 is 6.24. The number of aromatic nitrogens is 4. The minimum atomic E-state index is 0.524. The van der Waals surface area contributed by atoms with Gasteiger partial charge in [-0.25, -0.2) is 9.97 Å². The van der Waals surface area contributed by atoms with Crippen LogP contribution in [-0.2, 0) is 13.1 Å². The van der Waals surface area contributed by atoms with Gasteiger partial charge in [0.1, 0.15) is 0 Å².